The van der Waals surface area contributed by atoms with Crippen LogP contribution in [0, 0.1) is 5.82 Å². The number of carboxylic acids is 2. The van der Waals surface area contributed by atoms with Crippen molar-refractivity contribution in [1.29, 1.82) is 0 Å². The van der Waals surface area contributed by atoms with Gasteiger partial charge in [-0.2, -0.15) is 0 Å². The first-order chi connectivity index (χ1) is 10.7. The molecule has 2 aromatic carbocycles. The number of nitrogens with one attached hydrogen (secondary N) is 1. The Hall–Kier alpha value is -2.94. The van der Waals surface area contributed by atoms with Crippen LogP contribution < -0.4 is 4.72 Å². The van der Waals surface area contributed by atoms with Gasteiger partial charge in [-0.25, -0.2) is 22.4 Å². The minimum atomic E-state index is -4.12. The molecule has 0 bridgehead atoms. The van der Waals surface area contributed by atoms with E-state index in [-0.39, 0.29) is 21.7 Å². The Bertz CT molecular complexity index is 844. The molecule has 0 radical (unpaired) electrons. The van der Waals surface area contributed by atoms with E-state index >= 15 is 0 Å². The van der Waals surface area contributed by atoms with Crippen molar-refractivity contribution in [3.63, 3.8) is 0 Å². The number of anilines is 1. The highest BCUT2D eigenvalue weighted by Gasteiger charge is 2.17. The number of aromatic carboxylic acids is 2. The monoisotopic (exact) mass is 339 g/mol. The average molecular weight is 339 g/mol. The highest BCUT2D eigenvalue weighted by molar-refractivity contribution is 7.92. The molecular weight excluding hydrogens is 329 g/mol. The Morgan fingerprint density at radius 1 is 0.913 bits per heavy atom. The molecule has 0 saturated carbocycles. The molecule has 0 aromatic heterocycles. The predicted octanol–water partition coefficient (Wildman–Crippen LogP) is 2.02. The van der Waals surface area contributed by atoms with Crippen molar-refractivity contribution in [1.82, 2.24) is 0 Å². The number of rotatable bonds is 5. The van der Waals surface area contributed by atoms with Crippen LogP contribution in [0.2, 0.25) is 0 Å². The molecule has 0 unspecified atom stereocenters. The summed E-state index contributed by atoms with van der Waals surface area (Å²) >= 11 is 0. The van der Waals surface area contributed by atoms with Crippen LogP contribution in [0.4, 0.5) is 10.1 Å². The number of sulfonamides is 1. The molecule has 0 spiro atoms. The molecule has 3 N–H and O–H groups in total. The quantitative estimate of drug-likeness (QED) is 0.766. The SMILES string of the molecule is O=C(O)c1cc(NS(=O)(=O)c2ccc(F)cc2)cc(C(=O)O)c1. The molecule has 0 heterocycles. The van der Waals surface area contributed by atoms with Crippen LogP contribution >= 0.6 is 0 Å². The summed E-state index contributed by atoms with van der Waals surface area (Å²) in [6.07, 6.45) is 0. The van der Waals surface area contributed by atoms with Gasteiger partial charge in [0.05, 0.1) is 21.7 Å². The first-order valence-electron chi connectivity index (χ1n) is 6.09. The van der Waals surface area contributed by atoms with Gasteiger partial charge in [0, 0.05) is 0 Å². The third-order valence-electron chi connectivity index (χ3n) is 2.80. The van der Waals surface area contributed by atoms with Crippen LogP contribution in [0.3, 0.4) is 0 Å². The molecular formula is C14H10FNO6S. The summed E-state index contributed by atoms with van der Waals surface area (Å²) in [6.45, 7) is 0. The van der Waals surface area contributed by atoms with E-state index in [4.69, 9.17) is 10.2 Å². The molecule has 7 nitrogen and oxygen atoms in total. The molecule has 2 rings (SSSR count). The fourth-order valence-electron chi connectivity index (χ4n) is 1.76. The Balaban J connectivity index is 2.44. The van der Waals surface area contributed by atoms with Gasteiger partial charge in [0.2, 0.25) is 0 Å². The second kappa shape index (κ2) is 6.05. The molecule has 120 valence electrons. The maximum Gasteiger partial charge on any atom is 0.335 e. The molecule has 23 heavy (non-hydrogen) atoms. The van der Waals surface area contributed by atoms with Crippen LogP contribution in [-0.2, 0) is 10.0 Å². The Morgan fingerprint density at radius 3 is 1.83 bits per heavy atom. The molecule has 0 saturated heterocycles. The summed E-state index contributed by atoms with van der Waals surface area (Å²) in [6, 6.07) is 6.82. The Morgan fingerprint density at radius 2 is 1.39 bits per heavy atom. The lowest BCUT2D eigenvalue weighted by molar-refractivity contribution is 0.0696. The van der Waals surface area contributed by atoms with Gasteiger partial charge in [-0.05, 0) is 42.5 Å². The van der Waals surface area contributed by atoms with Crippen LogP contribution in [0.15, 0.2) is 47.4 Å². The van der Waals surface area contributed by atoms with E-state index in [2.05, 4.69) is 4.72 Å². The minimum Gasteiger partial charge on any atom is -0.478 e. The number of halogens is 1. The zero-order valence-electron chi connectivity index (χ0n) is 11.4. The normalized spacial score (nSPS) is 11.0. The number of carboxylic acid groups (broad SMARTS) is 2. The van der Waals surface area contributed by atoms with E-state index in [9.17, 15) is 22.4 Å². The molecule has 2 aromatic rings. The van der Waals surface area contributed by atoms with E-state index in [0.29, 0.717) is 0 Å². The Kier molecular flexibility index (Phi) is 4.32. The molecule has 0 aliphatic carbocycles. The summed E-state index contributed by atoms with van der Waals surface area (Å²) in [5.74, 6) is -3.43. The van der Waals surface area contributed by atoms with Crippen molar-refractivity contribution in [2.45, 2.75) is 4.90 Å². The zero-order valence-corrected chi connectivity index (χ0v) is 12.2. The summed E-state index contributed by atoms with van der Waals surface area (Å²) in [4.78, 5) is 21.7. The zero-order chi connectivity index (χ0) is 17.2. The second-order valence-corrected chi connectivity index (χ2v) is 6.15. The largest absolute Gasteiger partial charge is 0.478 e. The van der Waals surface area contributed by atoms with Crippen molar-refractivity contribution < 1.29 is 32.6 Å². The van der Waals surface area contributed by atoms with Crippen molar-refractivity contribution in [2.75, 3.05) is 4.72 Å². The highest BCUT2D eigenvalue weighted by atomic mass is 32.2. The molecule has 0 aliphatic rings. The summed E-state index contributed by atoms with van der Waals surface area (Å²) in [7, 11) is -4.12. The third-order valence-corrected chi connectivity index (χ3v) is 4.20. The first-order valence-corrected chi connectivity index (χ1v) is 7.57. The number of hydrogen-bond acceptors (Lipinski definition) is 4. The average Bonchev–Trinajstić information content (AvgIpc) is 2.46. The fraction of sp³-hybridized carbons (Fsp3) is 0. The lowest BCUT2D eigenvalue weighted by Crippen LogP contribution is -2.14. The van der Waals surface area contributed by atoms with Gasteiger partial charge in [-0.1, -0.05) is 0 Å². The van der Waals surface area contributed by atoms with Crippen molar-refractivity contribution in [3.05, 3.63) is 59.4 Å². The number of benzene rings is 2. The van der Waals surface area contributed by atoms with Crippen LogP contribution in [-0.4, -0.2) is 30.6 Å². The fourth-order valence-corrected chi connectivity index (χ4v) is 2.80. The lowest BCUT2D eigenvalue weighted by atomic mass is 10.1. The van der Waals surface area contributed by atoms with Gasteiger partial charge in [0.25, 0.3) is 10.0 Å². The van der Waals surface area contributed by atoms with Crippen LogP contribution in [0.5, 0.6) is 0 Å². The van der Waals surface area contributed by atoms with Gasteiger partial charge in [-0.15, -0.1) is 0 Å². The number of hydrogen-bond donors (Lipinski definition) is 3. The molecule has 0 amide bonds. The van der Waals surface area contributed by atoms with E-state index in [0.717, 1.165) is 42.5 Å². The summed E-state index contributed by atoms with van der Waals surface area (Å²) in [5.41, 5.74) is -1.00. The van der Waals surface area contributed by atoms with Crippen LogP contribution in [0.1, 0.15) is 20.7 Å². The van der Waals surface area contributed by atoms with E-state index in [1.165, 1.54) is 0 Å². The van der Waals surface area contributed by atoms with Gasteiger partial charge in [0.1, 0.15) is 5.82 Å². The predicted molar refractivity (Wildman–Crippen MR) is 77.6 cm³/mol. The van der Waals surface area contributed by atoms with E-state index in [1.54, 1.807) is 0 Å². The number of carbonyl (C=O) groups is 2. The summed E-state index contributed by atoms with van der Waals surface area (Å²) < 4.78 is 39.2. The van der Waals surface area contributed by atoms with Gasteiger partial charge in [-0.3, -0.25) is 4.72 Å². The van der Waals surface area contributed by atoms with Crippen molar-refractivity contribution in [3.8, 4) is 0 Å². The highest BCUT2D eigenvalue weighted by Crippen LogP contribution is 2.20. The Labute approximate surface area is 130 Å². The smallest absolute Gasteiger partial charge is 0.335 e. The third kappa shape index (κ3) is 3.83. The molecule has 9 heteroatoms. The molecule has 0 aliphatic heterocycles. The lowest BCUT2D eigenvalue weighted by Gasteiger charge is -2.10. The van der Waals surface area contributed by atoms with E-state index < -0.39 is 27.8 Å². The van der Waals surface area contributed by atoms with Crippen LogP contribution in [0.25, 0.3) is 0 Å². The van der Waals surface area contributed by atoms with Crippen molar-refractivity contribution >= 4 is 27.6 Å². The standard InChI is InChI=1S/C14H10FNO6S/c15-10-1-3-12(4-2-10)23(21,22)16-11-6-8(13(17)18)5-9(7-11)14(19)20/h1-7,16H,(H,17,18)(H,19,20). The second-order valence-electron chi connectivity index (χ2n) is 4.47. The van der Waals surface area contributed by atoms with E-state index in [1.807, 2.05) is 0 Å². The van der Waals surface area contributed by atoms with Gasteiger partial charge >= 0.3 is 11.9 Å². The minimum absolute atomic E-state index is 0.230. The van der Waals surface area contributed by atoms with Crippen molar-refractivity contribution in [2.24, 2.45) is 0 Å². The maximum atomic E-state index is 12.8. The molecule has 0 fully saturated rings. The van der Waals surface area contributed by atoms with Gasteiger partial charge in [0.15, 0.2) is 0 Å². The molecule has 0 atom stereocenters. The topological polar surface area (TPSA) is 121 Å². The first kappa shape index (κ1) is 16.4. The van der Waals surface area contributed by atoms with Gasteiger partial charge < -0.3 is 10.2 Å². The maximum absolute atomic E-state index is 12.8. The summed E-state index contributed by atoms with van der Waals surface area (Å²) in [5, 5.41) is 17.9.